The molecule has 0 bridgehead atoms. The standard InChI is InChI=1S/C31H25FN4O3S/c1-19-7-4-10-23(32)28(19)35-30(37)26-17-20-14-15-36(25-12-3-2-9-22(25)29(20)40-26)31(38)24-11-5-13-27(34-24)33-18-21-8-6-16-39-21/h2-13,16-17H,14-15,18H2,1H3,(H,33,34)(H,35,37). The van der Waals surface area contributed by atoms with Crippen molar-refractivity contribution in [1.82, 2.24) is 4.98 Å². The number of carbonyl (C=O) groups excluding carboxylic acids is 2. The third-order valence-corrected chi connectivity index (χ3v) is 7.98. The average molecular weight is 553 g/mol. The van der Waals surface area contributed by atoms with Crippen LogP contribution in [0.25, 0.3) is 10.4 Å². The molecule has 0 saturated heterocycles. The first-order valence-electron chi connectivity index (χ1n) is 12.8. The van der Waals surface area contributed by atoms with Gasteiger partial charge in [-0.2, -0.15) is 0 Å². The van der Waals surface area contributed by atoms with Crippen LogP contribution in [0.3, 0.4) is 0 Å². The van der Waals surface area contributed by atoms with Gasteiger partial charge >= 0.3 is 0 Å². The van der Waals surface area contributed by atoms with Crippen LogP contribution in [0.4, 0.5) is 21.6 Å². The first-order chi connectivity index (χ1) is 19.5. The summed E-state index contributed by atoms with van der Waals surface area (Å²) < 4.78 is 19.7. The first kappa shape index (κ1) is 25.5. The van der Waals surface area contributed by atoms with Crippen molar-refractivity contribution in [3.05, 3.63) is 118 Å². The number of benzene rings is 2. The number of furan rings is 1. The van der Waals surface area contributed by atoms with Crippen molar-refractivity contribution < 1.29 is 18.4 Å². The maximum atomic E-state index is 14.3. The lowest BCUT2D eigenvalue weighted by molar-refractivity contribution is 0.0981. The summed E-state index contributed by atoms with van der Waals surface area (Å²) in [5.74, 6) is 0.297. The van der Waals surface area contributed by atoms with Gasteiger partial charge in [0.05, 0.1) is 29.1 Å². The van der Waals surface area contributed by atoms with Crippen LogP contribution in [-0.2, 0) is 13.0 Å². The number of rotatable bonds is 6. The lowest BCUT2D eigenvalue weighted by atomic mass is 10.1. The normalized spacial score (nSPS) is 12.3. The van der Waals surface area contributed by atoms with Gasteiger partial charge in [-0.3, -0.25) is 9.59 Å². The zero-order chi connectivity index (χ0) is 27.6. The molecule has 6 rings (SSSR count). The van der Waals surface area contributed by atoms with Gasteiger partial charge in [0.2, 0.25) is 0 Å². The minimum atomic E-state index is -0.472. The van der Waals surface area contributed by atoms with E-state index in [0.29, 0.717) is 41.5 Å². The molecule has 2 aromatic carbocycles. The van der Waals surface area contributed by atoms with Crippen molar-refractivity contribution in [2.45, 2.75) is 19.9 Å². The van der Waals surface area contributed by atoms with E-state index in [-0.39, 0.29) is 17.5 Å². The summed E-state index contributed by atoms with van der Waals surface area (Å²) in [5, 5.41) is 5.92. The van der Waals surface area contributed by atoms with Crippen LogP contribution in [0.1, 0.15) is 37.0 Å². The SMILES string of the molecule is Cc1cccc(F)c1NC(=O)c1cc2c(s1)-c1ccccc1N(C(=O)c1cccc(NCc3ccco3)n1)CC2. The molecular weight excluding hydrogens is 527 g/mol. The van der Waals surface area contributed by atoms with E-state index in [4.69, 9.17) is 4.42 Å². The number of hydrogen-bond acceptors (Lipinski definition) is 6. The molecular formula is C31H25FN4O3S. The molecule has 5 aromatic rings. The Kier molecular flexibility index (Phi) is 6.88. The second-order valence-corrected chi connectivity index (χ2v) is 10.5. The monoisotopic (exact) mass is 552 g/mol. The fourth-order valence-electron chi connectivity index (χ4n) is 4.77. The Balaban J connectivity index is 1.26. The lowest BCUT2D eigenvalue weighted by Crippen LogP contribution is -2.33. The lowest BCUT2D eigenvalue weighted by Gasteiger charge is -2.23. The quantitative estimate of drug-likeness (QED) is 0.239. The van der Waals surface area contributed by atoms with Crippen molar-refractivity contribution in [3.63, 3.8) is 0 Å². The Hall–Kier alpha value is -4.76. The summed E-state index contributed by atoms with van der Waals surface area (Å²) in [4.78, 5) is 34.5. The highest BCUT2D eigenvalue weighted by Crippen LogP contribution is 2.42. The number of hydrogen-bond donors (Lipinski definition) is 2. The number of para-hydroxylation sites is 2. The molecule has 40 heavy (non-hydrogen) atoms. The van der Waals surface area contributed by atoms with Crippen molar-refractivity contribution in [2.75, 3.05) is 22.1 Å². The van der Waals surface area contributed by atoms with Gasteiger partial charge in [-0.15, -0.1) is 11.3 Å². The third kappa shape index (κ3) is 4.99. The number of aromatic nitrogens is 1. The van der Waals surface area contributed by atoms with E-state index in [9.17, 15) is 14.0 Å². The van der Waals surface area contributed by atoms with E-state index in [2.05, 4.69) is 15.6 Å². The van der Waals surface area contributed by atoms with Gasteiger partial charge in [0.15, 0.2) is 0 Å². The topological polar surface area (TPSA) is 87.5 Å². The van der Waals surface area contributed by atoms with Gasteiger partial charge in [0.1, 0.15) is 23.1 Å². The molecule has 0 radical (unpaired) electrons. The maximum absolute atomic E-state index is 14.3. The molecule has 2 N–H and O–H groups in total. The number of halogens is 1. The number of thiophene rings is 1. The zero-order valence-electron chi connectivity index (χ0n) is 21.6. The maximum Gasteiger partial charge on any atom is 0.276 e. The fourth-order valence-corrected chi connectivity index (χ4v) is 5.91. The summed E-state index contributed by atoms with van der Waals surface area (Å²) >= 11 is 1.34. The second-order valence-electron chi connectivity index (χ2n) is 9.42. The number of pyridine rings is 1. The molecule has 0 saturated carbocycles. The predicted molar refractivity (Wildman–Crippen MR) is 154 cm³/mol. The van der Waals surface area contributed by atoms with E-state index in [1.807, 2.05) is 48.5 Å². The first-order valence-corrected chi connectivity index (χ1v) is 13.6. The van der Waals surface area contributed by atoms with Gasteiger partial charge in [0.25, 0.3) is 11.8 Å². The average Bonchev–Trinajstić information content (AvgIpc) is 3.62. The largest absolute Gasteiger partial charge is 0.467 e. The van der Waals surface area contributed by atoms with Crippen LogP contribution in [-0.4, -0.2) is 23.3 Å². The van der Waals surface area contributed by atoms with Gasteiger partial charge in [-0.1, -0.05) is 36.4 Å². The van der Waals surface area contributed by atoms with E-state index in [1.54, 1.807) is 42.4 Å². The van der Waals surface area contributed by atoms with Crippen LogP contribution in [0.5, 0.6) is 0 Å². The number of aryl methyl sites for hydroxylation is 1. The summed E-state index contributed by atoms with van der Waals surface area (Å²) in [7, 11) is 0. The second kappa shape index (κ2) is 10.8. The summed E-state index contributed by atoms with van der Waals surface area (Å²) in [6.07, 6.45) is 2.16. The predicted octanol–water partition coefficient (Wildman–Crippen LogP) is 6.92. The smallest absolute Gasteiger partial charge is 0.276 e. The molecule has 200 valence electrons. The van der Waals surface area contributed by atoms with Gasteiger partial charge in [0, 0.05) is 17.0 Å². The van der Waals surface area contributed by atoms with Crippen LogP contribution >= 0.6 is 11.3 Å². The van der Waals surface area contributed by atoms with Crippen LogP contribution < -0.4 is 15.5 Å². The molecule has 3 aromatic heterocycles. The number of fused-ring (bicyclic) bond motifs is 3. The summed E-state index contributed by atoms with van der Waals surface area (Å²) in [5.41, 5.74) is 3.73. The van der Waals surface area contributed by atoms with Crippen molar-refractivity contribution >= 4 is 40.3 Å². The third-order valence-electron chi connectivity index (χ3n) is 6.77. The molecule has 4 heterocycles. The molecule has 0 aliphatic carbocycles. The molecule has 0 fully saturated rings. The number of amides is 2. The Morgan fingerprint density at radius 1 is 1.05 bits per heavy atom. The number of carbonyl (C=O) groups is 2. The van der Waals surface area contributed by atoms with Crippen LogP contribution in [0.15, 0.2) is 89.5 Å². The molecule has 0 spiro atoms. The molecule has 2 amide bonds. The van der Waals surface area contributed by atoms with Gasteiger partial charge < -0.3 is 20.0 Å². The van der Waals surface area contributed by atoms with E-state index in [1.165, 1.54) is 17.4 Å². The molecule has 9 heteroatoms. The minimum absolute atomic E-state index is 0.182. The number of nitrogens with zero attached hydrogens (tertiary/aromatic N) is 2. The number of nitrogens with one attached hydrogen (secondary N) is 2. The zero-order valence-corrected chi connectivity index (χ0v) is 22.4. The molecule has 1 aliphatic rings. The Labute approximate surface area is 234 Å². The Morgan fingerprint density at radius 3 is 2.73 bits per heavy atom. The summed E-state index contributed by atoms with van der Waals surface area (Å²) in [6.45, 7) is 2.62. The highest BCUT2D eigenvalue weighted by Gasteiger charge is 2.28. The van der Waals surface area contributed by atoms with E-state index < -0.39 is 5.82 Å². The molecule has 0 atom stereocenters. The van der Waals surface area contributed by atoms with Crippen molar-refractivity contribution in [1.29, 1.82) is 0 Å². The molecule has 0 unspecified atom stereocenters. The molecule has 7 nitrogen and oxygen atoms in total. The van der Waals surface area contributed by atoms with Crippen molar-refractivity contribution in [3.8, 4) is 10.4 Å². The van der Waals surface area contributed by atoms with Gasteiger partial charge in [-0.25, -0.2) is 9.37 Å². The number of anilines is 3. The molecule has 1 aliphatic heterocycles. The van der Waals surface area contributed by atoms with E-state index >= 15 is 0 Å². The van der Waals surface area contributed by atoms with Crippen LogP contribution in [0.2, 0.25) is 0 Å². The summed E-state index contributed by atoms with van der Waals surface area (Å²) in [6, 6.07) is 23.2. The van der Waals surface area contributed by atoms with Crippen LogP contribution in [0, 0.1) is 12.7 Å². The minimum Gasteiger partial charge on any atom is -0.467 e. The Morgan fingerprint density at radius 2 is 1.90 bits per heavy atom. The highest BCUT2D eigenvalue weighted by molar-refractivity contribution is 7.17. The fraction of sp³-hybridized carbons (Fsp3) is 0.129. The Bertz CT molecular complexity index is 1690. The van der Waals surface area contributed by atoms with Gasteiger partial charge in [-0.05, 0) is 66.9 Å². The van der Waals surface area contributed by atoms with Crippen molar-refractivity contribution in [2.24, 2.45) is 0 Å². The van der Waals surface area contributed by atoms with E-state index in [0.717, 1.165) is 27.5 Å². The highest BCUT2D eigenvalue weighted by atomic mass is 32.1.